The summed E-state index contributed by atoms with van der Waals surface area (Å²) in [6.45, 7) is 9.60. The van der Waals surface area contributed by atoms with E-state index >= 15 is 0 Å². The normalized spacial score (nSPS) is 13.8. The lowest BCUT2D eigenvalue weighted by Gasteiger charge is -2.14. The second-order valence-corrected chi connectivity index (χ2v) is 5.55. The van der Waals surface area contributed by atoms with Gasteiger partial charge in [0.1, 0.15) is 5.69 Å². The molecule has 0 saturated carbocycles. The molecule has 5 nitrogen and oxygen atoms in total. The van der Waals surface area contributed by atoms with E-state index in [-0.39, 0.29) is 16.9 Å². The molecule has 0 saturated heterocycles. The Hall–Kier alpha value is -1.10. The van der Waals surface area contributed by atoms with Crippen LogP contribution in [0.15, 0.2) is 0 Å². The predicted molar refractivity (Wildman–Crippen MR) is 67.6 cm³/mol. The smallest absolute Gasteiger partial charge is 0.258 e. The predicted octanol–water partition coefficient (Wildman–Crippen LogP) is 3.71. The largest absolute Gasteiger partial charge is 0.329 e. The van der Waals surface area contributed by atoms with Gasteiger partial charge < -0.3 is 0 Å². The van der Waals surface area contributed by atoms with Crippen LogP contribution >= 0.6 is 11.6 Å². The minimum Gasteiger partial charge on any atom is -0.258 e. The van der Waals surface area contributed by atoms with Crippen molar-refractivity contribution in [1.29, 1.82) is 0 Å². The Morgan fingerprint density at radius 1 is 1.53 bits per heavy atom. The summed E-state index contributed by atoms with van der Waals surface area (Å²) in [5, 5.41) is 15.5. The first-order valence-corrected chi connectivity index (χ1v) is 6.00. The van der Waals surface area contributed by atoms with Crippen LogP contribution in [0, 0.1) is 10.1 Å². The summed E-state index contributed by atoms with van der Waals surface area (Å²) in [4.78, 5) is 10.6. The van der Waals surface area contributed by atoms with Crippen molar-refractivity contribution in [3.05, 3.63) is 21.0 Å². The van der Waals surface area contributed by atoms with Crippen LogP contribution in [0.1, 0.15) is 52.8 Å². The van der Waals surface area contributed by atoms with Gasteiger partial charge in [0, 0.05) is 5.41 Å². The number of aromatic nitrogens is 2. The molecule has 1 atom stereocenters. The SMILES string of the molecule is CCC(C)n1nc(C(C)(C)C)c([N+](=O)[O-])c1Cl. The highest BCUT2D eigenvalue weighted by molar-refractivity contribution is 6.31. The third-order valence-electron chi connectivity index (χ3n) is 2.73. The first-order chi connectivity index (χ1) is 7.70. The summed E-state index contributed by atoms with van der Waals surface area (Å²) in [6.07, 6.45) is 0.822. The van der Waals surface area contributed by atoms with Crippen LogP contribution < -0.4 is 0 Å². The molecule has 1 aromatic rings. The molecule has 0 aromatic carbocycles. The molecule has 0 fully saturated rings. The molecule has 1 heterocycles. The number of rotatable bonds is 3. The van der Waals surface area contributed by atoms with Crippen molar-refractivity contribution in [2.45, 2.75) is 52.5 Å². The topological polar surface area (TPSA) is 61.0 Å². The van der Waals surface area contributed by atoms with Crippen molar-refractivity contribution in [3.8, 4) is 0 Å². The van der Waals surface area contributed by atoms with Gasteiger partial charge in [-0.3, -0.25) is 10.1 Å². The molecule has 1 aromatic heterocycles. The first-order valence-electron chi connectivity index (χ1n) is 5.63. The number of halogens is 1. The second-order valence-electron chi connectivity index (χ2n) is 5.20. The van der Waals surface area contributed by atoms with Gasteiger partial charge in [0.05, 0.1) is 11.0 Å². The average Bonchev–Trinajstić information content (AvgIpc) is 2.54. The molecule has 1 rings (SSSR count). The molecule has 0 aliphatic heterocycles. The Balaban J connectivity index is 3.46. The highest BCUT2D eigenvalue weighted by atomic mass is 35.5. The average molecular weight is 260 g/mol. The van der Waals surface area contributed by atoms with E-state index in [1.165, 1.54) is 0 Å². The van der Waals surface area contributed by atoms with E-state index < -0.39 is 10.3 Å². The molecule has 1 unspecified atom stereocenters. The number of nitro groups is 1. The van der Waals surface area contributed by atoms with Gasteiger partial charge in [0.15, 0.2) is 0 Å². The Labute approximate surface area is 106 Å². The molecule has 0 spiro atoms. The van der Waals surface area contributed by atoms with E-state index in [4.69, 9.17) is 11.6 Å². The minimum absolute atomic E-state index is 0.0531. The summed E-state index contributed by atoms with van der Waals surface area (Å²) in [5.74, 6) is 0. The van der Waals surface area contributed by atoms with Crippen molar-refractivity contribution < 1.29 is 4.92 Å². The van der Waals surface area contributed by atoms with Gasteiger partial charge in [-0.05, 0) is 13.3 Å². The molecule has 6 heteroatoms. The molecule has 0 bridgehead atoms. The van der Waals surface area contributed by atoms with Crippen molar-refractivity contribution in [1.82, 2.24) is 9.78 Å². The molecule has 96 valence electrons. The van der Waals surface area contributed by atoms with Crippen LogP contribution in [0.5, 0.6) is 0 Å². The standard InChI is InChI=1S/C11H18ClN3O2/c1-6-7(2)14-10(12)8(15(16)17)9(13-14)11(3,4)5/h7H,6H2,1-5H3. The number of hydrogen-bond donors (Lipinski definition) is 0. The van der Waals surface area contributed by atoms with E-state index in [0.717, 1.165) is 6.42 Å². The van der Waals surface area contributed by atoms with Gasteiger partial charge >= 0.3 is 5.69 Å². The summed E-state index contributed by atoms with van der Waals surface area (Å²) < 4.78 is 1.54. The highest BCUT2D eigenvalue weighted by Crippen LogP contribution is 2.37. The summed E-state index contributed by atoms with van der Waals surface area (Å²) >= 11 is 6.06. The molecular weight excluding hydrogens is 242 g/mol. The molecule has 17 heavy (non-hydrogen) atoms. The lowest BCUT2D eigenvalue weighted by atomic mass is 9.91. The van der Waals surface area contributed by atoms with Crippen molar-refractivity contribution >= 4 is 17.3 Å². The Bertz CT molecular complexity index is 435. The maximum absolute atomic E-state index is 11.1. The van der Waals surface area contributed by atoms with Crippen molar-refractivity contribution in [3.63, 3.8) is 0 Å². The third kappa shape index (κ3) is 2.60. The van der Waals surface area contributed by atoms with E-state index in [2.05, 4.69) is 5.10 Å². The van der Waals surface area contributed by atoms with Crippen LogP contribution in [-0.4, -0.2) is 14.7 Å². The molecule has 0 aliphatic carbocycles. The summed E-state index contributed by atoms with van der Waals surface area (Å²) in [6, 6.07) is 0.0531. The van der Waals surface area contributed by atoms with Gasteiger partial charge in [0.25, 0.3) is 0 Å². The first kappa shape index (κ1) is 14.0. The van der Waals surface area contributed by atoms with E-state index in [1.54, 1.807) is 4.68 Å². The summed E-state index contributed by atoms with van der Waals surface area (Å²) in [7, 11) is 0. The Kier molecular flexibility index (Phi) is 3.81. The van der Waals surface area contributed by atoms with Crippen LogP contribution in [0.2, 0.25) is 5.15 Å². The maximum Gasteiger partial charge on any atom is 0.329 e. The fourth-order valence-corrected chi connectivity index (χ4v) is 1.90. The van der Waals surface area contributed by atoms with Crippen LogP contribution in [0.4, 0.5) is 5.69 Å². The highest BCUT2D eigenvalue weighted by Gasteiger charge is 2.34. The van der Waals surface area contributed by atoms with E-state index in [9.17, 15) is 10.1 Å². The lowest BCUT2D eigenvalue weighted by Crippen LogP contribution is -2.15. The monoisotopic (exact) mass is 259 g/mol. The number of nitrogens with zero attached hydrogens (tertiary/aromatic N) is 3. The minimum atomic E-state index is -0.450. The maximum atomic E-state index is 11.1. The quantitative estimate of drug-likeness (QED) is 0.614. The third-order valence-corrected chi connectivity index (χ3v) is 3.08. The molecule has 0 N–H and O–H groups in total. The van der Waals surface area contributed by atoms with Crippen LogP contribution in [0.25, 0.3) is 0 Å². The Morgan fingerprint density at radius 3 is 2.35 bits per heavy atom. The van der Waals surface area contributed by atoms with E-state index in [0.29, 0.717) is 5.69 Å². The molecule has 0 aliphatic rings. The van der Waals surface area contributed by atoms with Gasteiger partial charge in [-0.1, -0.05) is 39.3 Å². The molecular formula is C11H18ClN3O2. The fourth-order valence-electron chi connectivity index (χ4n) is 1.54. The van der Waals surface area contributed by atoms with Gasteiger partial charge in [-0.25, -0.2) is 4.68 Å². The zero-order chi connectivity index (χ0) is 13.4. The zero-order valence-corrected chi connectivity index (χ0v) is 11.6. The molecule has 0 radical (unpaired) electrons. The van der Waals surface area contributed by atoms with Gasteiger partial charge in [-0.2, -0.15) is 5.10 Å². The van der Waals surface area contributed by atoms with Crippen LogP contribution in [0.3, 0.4) is 0 Å². The van der Waals surface area contributed by atoms with Crippen LogP contribution in [-0.2, 0) is 5.41 Å². The van der Waals surface area contributed by atoms with Crippen molar-refractivity contribution in [2.75, 3.05) is 0 Å². The summed E-state index contributed by atoms with van der Waals surface area (Å²) in [5.41, 5.74) is -0.0302. The van der Waals surface area contributed by atoms with Crippen molar-refractivity contribution in [2.24, 2.45) is 0 Å². The fraction of sp³-hybridized carbons (Fsp3) is 0.727. The Morgan fingerprint density at radius 2 is 2.06 bits per heavy atom. The lowest BCUT2D eigenvalue weighted by molar-refractivity contribution is -0.385. The van der Waals surface area contributed by atoms with E-state index in [1.807, 2.05) is 34.6 Å². The van der Waals surface area contributed by atoms with Gasteiger partial charge in [0.2, 0.25) is 5.15 Å². The second kappa shape index (κ2) is 4.64. The molecule has 0 amide bonds. The zero-order valence-electron chi connectivity index (χ0n) is 10.8. The number of hydrogen-bond acceptors (Lipinski definition) is 3. The van der Waals surface area contributed by atoms with Gasteiger partial charge in [-0.15, -0.1) is 0 Å².